The van der Waals surface area contributed by atoms with E-state index in [0.29, 0.717) is 0 Å². The first-order chi connectivity index (χ1) is 11.2. The molecule has 0 aliphatic heterocycles. The van der Waals surface area contributed by atoms with Crippen LogP contribution in [0.3, 0.4) is 0 Å². The van der Waals surface area contributed by atoms with Crippen LogP contribution in [0.2, 0.25) is 0 Å². The van der Waals surface area contributed by atoms with Gasteiger partial charge >= 0.3 is 35.7 Å². The zero-order valence-corrected chi connectivity index (χ0v) is 16.9. The molecule has 1 aromatic rings. The SMILES string of the molecule is CC(C)C(C(=O)C(=O)[O-])C(O)[C@H](C)NC(=O)OCc1ccccc1.[Na+]. The minimum absolute atomic E-state index is 0. The van der Waals surface area contributed by atoms with Gasteiger partial charge in [-0.15, -0.1) is 0 Å². The Hall–Kier alpha value is -1.41. The fraction of sp³-hybridized carbons (Fsp3) is 0.471. The Balaban J connectivity index is 0.00000576. The predicted molar refractivity (Wildman–Crippen MR) is 83.6 cm³/mol. The summed E-state index contributed by atoms with van der Waals surface area (Å²) >= 11 is 0. The predicted octanol–water partition coefficient (Wildman–Crippen LogP) is -2.74. The molecule has 25 heavy (non-hydrogen) atoms. The Bertz CT molecular complexity index is 578. The number of hydrogen-bond donors (Lipinski definition) is 2. The monoisotopic (exact) mass is 359 g/mol. The second kappa shape index (κ2) is 11.3. The molecule has 0 aromatic heterocycles. The third-order valence-corrected chi connectivity index (χ3v) is 3.66. The molecule has 0 spiro atoms. The molecular weight excluding hydrogens is 337 g/mol. The Morgan fingerprint density at radius 3 is 2.20 bits per heavy atom. The molecule has 1 rings (SSSR count). The summed E-state index contributed by atoms with van der Waals surface area (Å²) in [5.74, 6) is -4.66. The quantitative estimate of drug-likeness (QED) is 0.384. The molecule has 0 heterocycles. The van der Waals surface area contributed by atoms with Crippen LogP contribution in [0.1, 0.15) is 26.3 Å². The van der Waals surface area contributed by atoms with Gasteiger partial charge in [-0.25, -0.2) is 4.79 Å². The molecule has 0 aliphatic rings. The maximum atomic E-state index is 11.8. The third-order valence-electron chi connectivity index (χ3n) is 3.66. The second-order valence-corrected chi connectivity index (χ2v) is 5.91. The number of aliphatic hydroxyl groups is 1. The average Bonchev–Trinajstić information content (AvgIpc) is 2.53. The number of carbonyl (C=O) groups is 3. The summed E-state index contributed by atoms with van der Waals surface area (Å²) in [5, 5.41) is 23.4. The number of carboxylic acid groups (broad SMARTS) is 1. The van der Waals surface area contributed by atoms with Gasteiger partial charge in [0.05, 0.1) is 18.1 Å². The summed E-state index contributed by atoms with van der Waals surface area (Å²) in [6.45, 7) is 4.73. The number of aliphatic hydroxyl groups excluding tert-OH is 1. The van der Waals surface area contributed by atoms with Crippen LogP contribution in [-0.4, -0.2) is 35.1 Å². The van der Waals surface area contributed by atoms with E-state index in [1.807, 2.05) is 18.2 Å². The standard InChI is InChI=1S/C17H23NO6.Na/c1-10(2)13(15(20)16(21)22)14(19)11(3)18-17(23)24-9-12-7-5-4-6-8-12;/h4-8,10-11,13-14,19H,9H2,1-3H3,(H,18,23)(H,21,22);/q;+1/p-1/t11-,13?,14?;/m0./s1. The molecule has 1 aromatic carbocycles. The number of carboxylic acids is 1. The van der Waals surface area contributed by atoms with E-state index >= 15 is 0 Å². The van der Waals surface area contributed by atoms with Crippen molar-refractivity contribution in [3.63, 3.8) is 0 Å². The maximum absolute atomic E-state index is 11.8. The van der Waals surface area contributed by atoms with Crippen LogP contribution in [-0.2, 0) is 20.9 Å². The van der Waals surface area contributed by atoms with Crippen LogP contribution in [0.4, 0.5) is 4.79 Å². The fourth-order valence-corrected chi connectivity index (χ4v) is 2.34. The van der Waals surface area contributed by atoms with Crippen molar-refractivity contribution < 1.29 is 58.9 Å². The minimum atomic E-state index is -1.85. The fourth-order valence-electron chi connectivity index (χ4n) is 2.34. The third kappa shape index (κ3) is 7.56. The Morgan fingerprint density at radius 2 is 1.72 bits per heavy atom. The van der Waals surface area contributed by atoms with Gasteiger partial charge in [0.1, 0.15) is 12.6 Å². The van der Waals surface area contributed by atoms with Crippen LogP contribution >= 0.6 is 0 Å². The van der Waals surface area contributed by atoms with E-state index in [1.54, 1.807) is 26.0 Å². The number of carbonyl (C=O) groups excluding carboxylic acids is 3. The molecule has 0 saturated heterocycles. The normalized spacial score (nSPS) is 14.0. The summed E-state index contributed by atoms with van der Waals surface area (Å²) in [6, 6.07) is 8.16. The van der Waals surface area contributed by atoms with E-state index in [-0.39, 0.29) is 36.2 Å². The minimum Gasteiger partial charge on any atom is -0.542 e. The molecule has 3 atom stereocenters. The Morgan fingerprint density at radius 1 is 1.16 bits per heavy atom. The van der Waals surface area contributed by atoms with Gasteiger partial charge in [0.15, 0.2) is 5.78 Å². The van der Waals surface area contributed by atoms with Crippen LogP contribution in [0.25, 0.3) is 0 Å². The molecule has 1 amide bonds. The van der Waals surface area contributed by atoms with Gasteiger partial charge in [0.25, 0.3) is 0 Å². The van der Waals surface area contributed by atoms with Crippen LogP contribution in [0.15, 0.2) is 30.3 Å². The number of amides is 1. The van der Waals surface area contributed by atoms with Crippen molar-refractivity contribution in [3.8, 4) is 0 Å². The number of rotatable bonds is 8. The molecular formula is C17H22NNaO6. The van der Waals surface area contributed by atoms with Gasteiger partial charge in [0.2, 0.25) is 0 Å². The van der Waals surface area contributed by atoms with Crippen LogP contribution in [0.5, 0.6) is 0 Å². The van der Waals surface area contributed by atoms with E-state index < -0.39 is 41.8 Å². The summed E-state index contributed by atoms with van der Waals surface area (Å²) in [6.07, 6.45) is -2.14. The first kappa shape index (κ1) is 23.6. The van der Waals surface area contributed by atoms with E-state index in [4.69, 9.17) is 4.74 Å². The van der Waals surface area contributed by atoms with Crippen molar-refractivity contribution in [2.75, 3.05) is 0 Å². The molecule has 0 fully saturated rings. The maximum Gasteiger partial charge on any atom is 1.00 e. The summed E-state index contributed by atoms with van der Waals surface area (Å²) in [7, 11) is 0. The first-order valence-electron chi connectivity index (χ1n) is 7.64. The van der Waals surface area contributed by atoms with Gasteiger partial charge in [-0.05, 0) is 18.4 Å². The topological polar surface area (TPSA) is 116 Å². The van der Waals surface area contributed by atoms with Crippen molar-refractivity contribution in [3.05, 3.63) is 35.9 Å². The van der Waals surface area contributed by atoms with E-state index in [2.05, 4.69) is 5.32 Å². The number of aliphatic carboxylic acids is 1. The summed E-state index contributed by atoms with van der Waals surface area (Å²) in [5.41, 5.74) is 0.799. The zero-order valence-electron chi connectivity index (χ0n) is 14.9. The number of ether oxygens (including phenoxy) is 1. The molecule has 0 aliphatic carbocycles. The zero-order chi connectivity index (χ0) is 18.3. The molecule has 132 valence electrons. The van der Waals surface area contributed by atoms with Crippen molar-refractivity contribution in [2.24, 2.45) is 11.8 Å². The van der Waals surface area contributed by atoms with Crippen molar-refractivity contribution in [2.45, 2.75) is 39.5 Å². The first-order valence-corrected chi connectivity index (χ1v) is 7.64. The molecule has 8 heteroatoms. The van der Waals surface area contributed by atoms with E-state index in [1.165, 1.54) is 6.92 Å². The average molecular weight is 359 g/mol. The van der Waals surface area contributed by atoms with Crippen molar-refractivity contribution in [1.29, 1.82) is 0 Å². The number of nitrogens with one attached hydrogen (secondary N) is 1. The van der Waals surface area contributed by atoms with Gasteiger partial charge in [-0.3, -0.25) is 4.79 Å². The number of benzene rings is 1. The molecule has 7 nitrogen and oxygen atoms in total. The van der Waals surface area contributed by atoms with Gasteiger partial charge in [0, 0.05) is 0 Å². The van der Waals surface area contributed by atoms with E-state index in [0.717, 1.165) is 5.56 Å². The molecule has 0 bridgehead atoms. The smallest absolute Gasteiger partial charge is 0.542 e. The molecule has 0 radical (unpaired) electrons. The number of ketones is 1. The number of alkyl carbamates (subject to hydrolysis) is 1. The van der Waals surface area contributed by atoms with Gasteiger partial charge < -0.3 is 25.1 Å². The van der Waals surface area contributed by atoms with Crippen LogP contribution in [0, 0.1) is 11.8 Å². The van der Waals surface area contributed by atoms with Gasteiger partial charge in [-0.1, -0.05) is 44.2 Å². The number of Topliss-reactive ketones (excluding diaryl/α,β-unsaturated/α-hetero) is 1. The second-order valence-electron chi connectivity index (χ2n) is 5.91. The summed E-state index contributed by atoms with van der Waals surface area (Å²) in [4.78, 5) is 34.2. The summed E-state index contributed by atoms with van der Waals surface area (Å²) < 4.78 is 5.02. The van der Waals surface area contributed by atoms with Gasteiger partial charge in [-0.2, -0.15) is 0 Å². The largest absolute Gasteiger partial charge is 1.00 e. The Kier molecular flexibility index (Phi) is 10.6. The molecule has 2 unspecified atom stereocenters. The van der Waals surface area contributed by atoms with E-state index in [9.17, 15) is 24.6 Å². The number of hydrogen-bond acceptors (Lipinski definition) is 6. The molecule has 0 saturated carbocycles. The van der Waals surface area contributed by atoms with Crippen molar-refractivity contribution in [1.82, 2.24) is 5.32 Å². The molecule has 2 N–H and O–H groups in total. The van der Waals surface area contributed by atoms with Crippen molar-refractivity contribution >= 4 is 17.8 Å². The Labute approximate surface area is 169 Å². The van der Waals surface area contributed by atoms with Crippen LogP contribution < -0.4 is 40.0 Å².